The summed E-state index contributed by atoms with van der Waals surface area (Å²) >= 11 is 0. The molecule has 0 saturated carbocycles. The molecule has 0 bridgehead atoms. The van der Waals surface area contributed by atoms with Gasteiger partial charge in [0, 0.05) is 11.4 Å². The van der Waals surface area contributed by atoms with E-state index in [-0.39, 0.29) is 5.91 Å². The van der Waals surface area contributed by atoms with Crippen molar-refractivity contribution >= 4 is 17.5 Å². The molecule has 8 nitrogen and oxygen atoms in total. The first-order valence-corrected chi connectivity index (χ1v) is 11.6. The number of aryl methyl sites for hydroxylation is 1. The molecule has 1 amide bonds. The second kappa shape index (κ2) is 9.95. The number of rotatable bonds is 7. The minimum Gasteiger partial charge on any atom is -0.493 e. The monoisotopic (exact) mass is 481 g/mol. The van der Waals surface area contributed by atoms with E-state index in [4.69, 9.17) is 9.47 Å². The molecule has 8 heteroatoms. The van der Waals surface area contributed by atoms with Crippen LogP contribution in [0.1, 0.15) is 29.7 Å². The summed E-state index contributed by atoms with van der Waals surface area (Å²) in [6.07, 6.45) is 1.47. The number of nitrogens with one attached hydrogen (secondary N) is 2. The minimum absolute atomic E-state index is 0.224. The third-order valence-corrected chi connectivity index (χ3v) is 6.09. The van der Waals surface area contributed by atoms with Gasteiger partial charge >= 0.3 is 0 Å². The zero-order chi connectivity index (χ0) is 25.1. The molecule has 0 aliphatic carbocycles. The number of anilines is 2. The lowest BCUT2D eigenvalue weighted by atomic mass is 9.94. The summed E-state index contributed by atoms with van der Waals surface area (Å²) in [5.74, 6) is 1.52. The summed E-state index contributed by atoms with van der Waals surface area (Å²) in [4.78, 5) is 17.8. The standard InChI is InChI=1S/C28H27N5O3/c1-18-9-12-22(13-10-18)32-27(34)25-19(2)31-28-29-17-30-33(28)26(25)21-11-14-23(24(15-21)35-3)36-16-20-7-5-4-6-8-20/h4-15,17,26H,16H2,1-3H3,(H,32,34)(H,29,30,31). The van der Waals surface area contributed by atoms with Crippen LogP contribution >= 0.6 is 0 Å². The SMILES string of the molecule is COc1cc(C2C(C(=O)Nc3ccc(C)cc3)=C(C)Nc3ncnn32)ccc1OCc1ccccc1. The fourth-order valence-corrected chi connectivity index (χ4v) is 4.24. The van der Waals surface area contributed by atoms with Gasteiger partial charge in [0.25, 0.3) is 5.91 Å². The van der Waals surface area contributed by atoms with Gasteiger partial charge in [0.2, 0.25) is 5.95 Å². The highest BCUT2D eigenvalue weighted by atomic mass is 16.5. The summed E-state index contributed by atoms with van der Waals surface area (Å²) in [6, 6.07) is 22.8. The second-order valence-electron chi connectivity index (χ2n) is 8.60. The van der Waals surface area contributed by atoms with E-state index in [9.17, 15) is 4.79 Å². The number of allylic oxidation sites excluding steroid dienone is 1. The Labute approximate surface area is 209 Å². The summed E-state index contributed by atoms with van der Waals surface area (Å²) in [5, 5.41) is 10.6. The number of amides is 1. The van der Waals surface area contributed by atoms with Gasteiger partial charge in [-0.2, -0.15) is 10.1 Å². The smallest absolute Gasteiger partial charge is 0.255 e. The van der Waals surface area contributed by atoms with E-state index in [1.54, 1.807) is 11.8 Å². The zero-order valence-corrected chi connectivity index (χ0v) is 20.4. The maximum absolute atomic E-state index is 13.5. The first kappa shape index (κ1) is 23.2. The van der Waals surface area contributed by atoms with Crippen molar-refractivity contribution in [3.05, 3.63) is 107 Å². The van der Waals surface area contributed by atoms with Gasteiger partial charge in [-0.1, -0.05) is 54.1 Å². The quantitative estimate of drug-likeness (QED) is 0.382. The van der Waals surface area contributed by atoms with Gasteiger partial charge in [-0.3, -0.25) is 4.79 Å². The summed E-state index contributed by atoms with van der Waals surface area (Å²) in [7, 11) is 1.60. The Hall–Kier alpha value is -4.59. The number of benzene rings is 3. The average molecular weight is 482 g/mol. The fraction of sp³-hybridized carbons (Fsp3) is 0.179. The van der Waals surface area contributed by atoms with Crippen molar-refractivity contribution in [3.8, 4) is 11.5 Å². The molecule has 0 saturated heterocycles. The van der Waals surface area contributed by atoms with Crippen molar-refractivity contribution in [1.82, 2.24) is 14.8 Å². The van der Waals surface area contributed by atoms with Gasteiger partial charge in [-0.25, -0.2) is 4.68 Å². The van der Waals surface area contributed by atoms with Crippen LogP contribution in [-0.2, 0) is 11.4 Å². The van der Waals surface area contributed by atoms with Crippen LogP contribution in [0.25, 0.3) is 0 Å². The van der Waals surface area contributed by atoms with Crippen LogP contribution in [0.4, 0.5) is 11.6 Å². The molecule has 1 atom stereocenters. The average Bonchev–Trinajstić information content (AvgIpc) is 3.36. The maximum atomic E-state index is 13.5. The first-order chi connectivity index (χ1) is 17.5. The van der Waals surface area contributed by atoms with E-state index < -0.39 is 6.04 Å². The minimum atomic E-state index is -0.508. The molecule has 5 rings (SSSR count). The lowest BCUT2D eigenvalue weighted by Crippen LogP contribution is -2.31. The van der Waals surface area contributed by atoms with Crippen LogP contribution < -0.4 is 20.1 Å². The molecule has 1 unspecified atom stereocenters. The van der Waals surface area contributed by atoms with Crippen LogP contribution in [0.2, 0.25) is 0 Å². The number of methoxy groups -OCH3 is 1. The lowest BCUT2D eigenvalue weighted by molar-refractivity contribution is -0.113. The Morgan fingerprint density at radius 2 is 1.81 bits per heavy atom. The van der Waals surface area contributed by atoms with E-state index in [0.717, 1.165) is 22.4 Å². The molecule has 0 spiro atoms. The number of carbonyl (C=O) groups is 1. The van der Waals surface area contributed by atoms with E-state index in [1.807, 2.05) is 86.6 Å². The first-order valence-electron chi connectivity index (χ1n) is 11.6. The largest absolute Gasteiger partial charge is 0.493 e. The zero-order valence-electron chi connectivity index (χ0n) is 20.4. The van der Waals surface area contributed by atoms with Gasteiger partial charge in [0.1, 0.15) is 19.0 Å². The highest BCUT2D eigenvalue weighted by molar-refractivity contribution is 6.06. The van der Waals surface area contributed by atoms with Crippen molar-refractivity contribution < 1.29 is 14.3 Å². The highest BCUT2D eigenvalue weighted by Crippen LogP contribution is 2.39. The van der Waals surface area contributed by atoms with Crippen molar-refractivity contribution in [3.63, 3.8) is 0 Å². The van der Waals surface area contributed by atoms with Crippen molar-refractivity contribution in [2.75, 3.05) is 17.7 Å². The number of hydrogen-bond donors (Lipinski definition) is 2. The van der Waals surface area contributed by atoms with Crippen molar-refractivity contribution in [1.29, 1.82) is 0 Å². The summed E-state index contributed by atoms with van der Waals surface area (Å²) in [6.45, 7) is 4.29. The lowest BCUT2D eigenvalue weighted by Gasteiger charge is -2.29. The van der Waals surface area contributed by atoms with Gasteiger partial charge in [0.15, 0.2) is 11.5 Å². The molecular formula is C28H27N5O3. The van der Waals surface area contributed by atoms with Crippen molar-refractivity contribution in [2.24, 2.45) is 0 Å². The van der Waals surface area contributed by atoms with Crippen LogP contribution in [-0.4, -0.2) is 27.8 Å². The number of carbonyl (C=O) groups excluding carboxylic acids is 1. The molecule has 3 aromatic carbocycles. The normalized spacial score (nSPS) is 14.6. The summed E-state index contributed by atoms with van der Waals surface area (Å²) < 4.78 is 13.4. The topological polar surface area (TPSA) is 90.3 Å². The molecule has 4 aromatic rings. The number of nitrogens with zero attached hydrogens (tertiary/aromatic N) is 3. The van der Waals surface area contributed by atoms with Gasteiger partial charge in [0.05, 0.1) is 12.7 Å². The van der Waals surface area contributed by atoms with Gasteiger partial charge in [-0.15, -0.1) is 0 Å². The number of aromatic nitrogens is 3. The number of hydrogen-bond acceptors (Lipinski definition) is 6. The second-order valence-corrected chi connectivity index (χ2v) is 8.60. The van der Waals surface area contributed by atoms with Crippen molar-refractivity contribution in [2.45, 2.75) is 26.5 Å². The fourth-order valence-electron chi connectivity index (χ4n) is 4.24. The van der Waals surface area contributed by atoms with Crippen LogP contribution in [0.3, 0.4) is 0 Å². The molecule has 1 aromatic heterocycles. The van der Waals surface area contributed by atoms with Gasteiger partial charge < -0.3 is 20.1 Å². The predicted octanol–water partition coefficient (Wildman–Crippen LogP) is 5.10. The molecule has 0 radical (unpaired) electrons. The van der Waals surface area contributed by atoms with E-state index in [0.29, 0.717) is 35.3 Å². The highest BCUT2D eigenvalue weighted by Gasteiger charge is 2.34. The number of fused-ring (bicyclic) bond motifs is 1. The summed E-state index contributed by atoms with van der Waals surface area (Å²) in [5.41, 5.74) is 4.95. The molecule has 2 N–H and O–H groups in total. The van der Waals surface area contributed by atoms with E-state index in [2.05, 4.69) is 20.7 Å². The third-order valence-electron chi connectivity index (χ3n) is 6.09. The third kappa shape index (κ3) is 4.65. The molecular weight excluding hydrogens is 454 g/mol. The van der Waals surface area contributed by atoms with E-state index >= 15 is 0 Å². The Morgan fingerprint density at radius 1 is 1.03 bits per heavy atom. The maximum Gasteiger partial charge on any atom is 0.255 e. The molecule has 1 aliphatic heterocycles. The van der Waals surface area contributed by atoms with E-state index in [1.165, 1.54) is 6.33 Å². The predicted molar refractivity (Wildman–Crippen MR) is 138 cm³/mol. The Balaban J connectivity index is 1.48. The molecule has 36 heavy (non-hydrogen) atoms. The Morgan fingerprint density at radius 3 is 2.56 bits per heavy atom. The molecule has 182 valence electrons. The molecule has 2 heterocycles. The van der Waals surface area contributed by atoms with Crippen LogP contribution in [0.5, 0.6) is 11.5 Å². The van der Waals surface area contributed by atoms with Gasteiger partial charge in [-0.05, 0) is 49.2 Å². The Kier molecular flexibility index (Phi) is 6.40. The van der Waals surface area contributed by atoms with Crippen LogP contribution in [0.15, 0.2) is 90.4 Å². The molecule has 0 fully saturated rings. The number of ether oxygens (including phenoxy) is 2. The Bertz CT molecular complexity index is 1410. The van der Waals surface area contributed by atoms with Crippen LogP contribution in [0, 0.1) is 6.92 Å². The molecule has 1 aliphatic rings.